The molecule has 1 aromatic rings. The Morgan fingerprint density at radius 2 is 1.79 bits per heavy atom. The number of nitrogens with zero attached hydrogens (tertiary/aromatic N) is 1. The van der Waals surface area contributed by atoms with Crippen molar-refractivity contribution in [3.63, 3.8) is 0 Å². The Hall–Kier alpha value is -1.35. The van der Waals surface area contributed by atoms with E-state index in [1.54, 1.807) is 0 Å². The number of aliphatic hydroxyl groups is 1. The van der Waals surface area contributed by atoms with Crippen molar-refractivity contribution in [2.75, 3.05) is 13.1 Å². The lowest BCUT2D eigenvalue weighted by Crippen LogP contribution is -2.10. The molecule has 1 aliphatic rings. The van der Waals surface area contributed by atoms with Crippen LogP contribution in [0.3, 0.4) is 0 Å². The molecule has 1 unspecified atom stereocenters. The van der Waals surface area contributed by atoms with Gasteiger partial charge in [0.25, 0.3) is 0 Å². The Morgan fingerprint density at radius 1 is 1.21 bits per heavy atom. The average molecular weight is 261 g/mol. The van der Waals surface area contributed by atoms with E-state index in [4.69, 9.17) is 0 Å². The monoisotopic (exact) mass is 261 g/mol. The lowest BCUT2D eigenvalue weighted by molar-refractivity contribution is -0.125. The van der Waals surface area contributed by atoms with E-state index in [1.807, 2.05) is 17.0 Å². The van der Waals surface area contributed by atoms with Gasteiger partial charge in [0.2, 0.25) is 5.91 Å². The van der Waals surface area contributed by atoms with Crippen LogP contribution in [0.4, 0.5) is 0 Å². The van der Waals surface area contributed by atoms with Gasteiger partial charge in [-0.25, -0.2) is 0 Å². The third-order valence-electron chi connectivity index (χ3n) is 3.66. The van der Waals surface area contributed by atoms with E-state index in [0.717, 1.165) is 25.1 Å². The maximum absolute atomic E-state index is 11.5. The van der Waals surface area contributed by atoms with Gasteiger partial charge < -0.3 is 10.0 Å². The number of carbonyl (C=O) groups is 1. The molecule has 0 spiro atoms. The summed E-state index contributed by atoms with van der Waals surface area (Å²) in [5, 5.41) is 10.1. The number of rotatable bonds is 6. The van der Waals surface area contributed by atoms with Crippen LogP contribution < -0.4 is 0 Å². The normalized spacial score (nSPS) is 15.7. The molecule has 1 aromatic carbocycles. The second-order valence-electron chi connectivity index (χ2n) is 5.61. The van der Waals surface area contributed by atoms with E-state index in [1.165, 1.54) is 5.56 Å². The van der Waals surface area contributed by atoms with Gasteiger partial charge in [-0.1, -0.05) is 38.1 Å². The topological polar surface area (TPSA) is 40.3 Å². The third kappa shape index (κ3) is 4.06. The quantitative estimate of drug-likeness (QED) is 0.800. The summed E-state index contributed by atoms with van der Waals surface area (Å²) in [4.78, 5) is 13.3. The van der Waals surface area contributed by atoms with Crippen molar-refractivity contribution in [3.8, 4) is 0 Å². The highest BCUT2D eigenvalue weighted by molar-refractivity contribution is 5.78. The van der Waals surface area contributed by atoms with Crippen molar-refractivity contribution in [2.24, 2.45) is 0 Å². The van der Waals surface area contributed by atoms with Crippen LogP contribution in [0.25, 0.3) is 0 Å². The van der Waals surface area contributed by atoms with Crippen molar-refractivity contribution >= 4 is 5.91 Å². The molecule has 0 bridgehead atoms. The lowest BCUT2D eigenvalue weighted by Gasteiger charge is -2.12. The number of aliphatic hydroxyl groups excluding tert-OH is 1. The molecule has 2 rings (SSSR count). The minimum Gasteiger partial charge on any atom is -0.388 e. The number of amides is 1. The fourth-order valence-corrected chi connectivity index (χ4v) is 2.17. The molecule has 3 heteroatoms. The van der Waals surface area contributed by atoms with Crippen LogP contribution in [0.1, 0.15) is 56.3 Å². The van der Waals surface area contributed by atoms with E-state index in [0.29, 0.717) is 18.8 Å². The zero-order valence-corrected chi connectivity index (χ0v) is 11.8. The van der Waals surface area contributed by atoms with Gasteiger partial charge in [0.1, 0.15) is 0 Å². The largest absolute Gasteiger partial charge is 0.388 e. The number of hydrogen-bond donors (Lipinski definition) is 1. The number of carbonyl (C=O) groups excluding carboxylic acids is 1. The molecule has 0 saturated carbocycles. The Bertz CT molecular complexity index is 421. The van der Waals surface area contributed by atoms with E-state index in [9.17, 15) is 9.90 Å². The smallest absolute Gasteiger partial charge is 0.222 e. The van der Waals surface area contributed by atoms with Gasteiger partial charge in [-0.15, -0.1) is 0 Å². The van der Waals surface area contributed by atoms with Gasteiger partial charge in [0.05, 0.1) is 6.10 Å². The number of benzene rings is 1. The summed E-state index contributed by atoms with van der Waals surface area (Å²) in [5.74, 6) is 0.735. The SMILES string of the molecule is CC(C)c1ccc(C(O)CCCC(=O)N2CC2)cc1. The van der Waals surface area contributed by atoms with E-state index in [-0.39, 0.29) is 5.91 Å². The van der Waals surface area contributed by atoms with Crippen LogP contribution in [0.5, 0.6) is 0 Å². The molecule has 1 atom stereocenters. The van der Waals surface area contributed by atoms with Crippen molar-refractivity contribution in [1.29, 1.82) is 0 Å². The van der Waals surface area contributed by atoms with Crippen LogP contribution >= 0.6 is 0 Å². The minimum absolute atomic E-state index is 0.224. The zero-order valence-electron chi connectivity index (χ0n) is 11.8. The average Bonchev–Trinajstić information content (AvgIpc) is 3.23. The molecule has 19 heavy (non-hydrogen) atoms. The first-order chi connectivity index (χ1) is 9.08. The molecule has 1 N–H and O–H groups in total. The molecule has 0 aliphatic carbocycles. The maximum atomic E-state index is 11.5. The van der Waals surface area contributed by atoms with E-state index < -0.39 is 6.10 Å². The molecule has 1 amide bonds. The van der Waals surface area contributed by atoms with Crippen LogP contribution in [-0.4, -0.2) is 29.0 Å². The standard InChI is InChI=1S/C16H23NO2/c1-12(2)13-6-8-14(9-7-13)15(18)4-3-5-16(19)17-10-11-17/h6-9,12,15,18H,3-5,10-11H2,1-2H3. The highest BCUT2D eigenvalue weighted by atomic mass is 16.3. The molecule has 1 fully saturated rings. The summed E-state index contributed by atoms with van der Waals surface area (Å²) in [7, 11) is 0. The summed E-state index contributed by atoms with van der Waals surface area (Å²) >= 11 is 0. The number of hydrogen-bond acceptors (Lipinski definition) is 2. The Kier molecular flexibility index (Phi) is 4.59. The first kappa shape index (κ1) is 14.1. The summed E-state index contributed by atoms with van der Waals surface area (Å²) in [6, 6.07) is 8.13. The minimum atomic E-state index is -0.455. The molecule has 104 valence electrons. The first-order valence-electron chi connectivity index (χ1n) is 7.13. The Morgan fingerprint density at radius 3 is 2.32 bits per heavy atom. The van der Waals surface area contributed by atoms with Crippen LogP contribution in [0.15, 0.2) is 24.3 Å². The predicted octanol–water partition coefficient (Wildman–Crippen LogP) is 2.86. The highest BCUT2D eigenvalue weighted by Crippen LogP contribution is 2.22. The van der Waals surface area contributed by atoms with Gasteiger partial charge in [-0.3, -0.25) is 4.79 Å². The van der Waals surface area contributed by atoms with E-state index >= 15 is 0 Å². The second kappa shape index (κ2) is 6.20. The van der Waals surface area contributed by atoms with Crippen molar-refractivity contribution in [1.82, 2.24) is 4.90 Å². The molecule has 3 nitrogen and oxygen atoms in total. The molecular weight excluding hydrogens is 238 g/mol. The molecular formula is C16H23NO2. The maximum Gasteiger partial charge on any atom is 0.222 e. The van der Waals surface area contributed by atoms with Gasteiger partial charge in [0.15, 0.2) is 0 Å². The van der Waals surface area contributed by atoms with Crippen LogP contribution in [0.2, 0.25) is 0 Å². The van der Waals surface area contributed by atoms with Gasteiger partial charge in [-0.05, 0) is 29.9 Å². The fraction of sp³-hybridized carbons (Fsp3) is 0.562. The summed E-state index contributed by atoms with van der Waals surface area (Å²) in [6.45, 7) is 6.14. The molecule has 0 radical (unpaired) electrons. The molecule has 1 heterocycles. The Labute approximate surface area is 115 Å². The summed E-state index contributed by atoms with van der Waals surface area (Å²) in [6.07, 6.45) is 1.51. The molecule has 0 aromatic heterocycles. The zero-order chi connectivity index (χ0) is 13.8. The van der Waals surface area contributed by atoms with Crippen LogP contribution in [0, 0.1) is 0 Å². The van der Waals surface area contributed by atoms with Crippen LogP contribution in [-0.2, 0) is 4.79 Å². The molecule has 1 saturated heterocycles. The second-order valence-corrected chi connectivity index (χ2v) is 5.61. The van der Waals surface area contributed by atoms with Gasteiger partial charge in [0, 0.05) is 19.5 Å². The predicted molar refractivity (Wildman–Crippen MR) is 75.9 cm³/mol. The van der Waals surface area contributed by atoms with Gasteiger partial charge in [-0.2, -0.15) is 0 Å². The lowest BCUT2D eigenvalue weighted by atomic mass is 9.98. The Balaban J connectivity index is 1.78. The summed E-state index contributed by atoms with van der Waals surface area (Å²) < 4.78 is 0. The van der Waals surface area contributed by atoms with Gasteiger partial charge >= 0.3 is 0 Å². The summed E-state index contributed by atoms with van der Waals surface area (Å²) in [5.41, 5.74) is 2.23. The van der Waals surface area contributed by atoms with Crippen molar-refractivity contribution < 1.29 is 9.90 Å². The third-order valence-corrected chi connectivity index (χ3v) is 3.66. The highest BCUT2D eigenvalue weighted by Gasteiger charge is 2.23. The fourth-order valence-electron chi connectivity index (χ4n) is 2.17. The van der Waals surface area contributed by atoms with E-state index in [2.05, 4.69) is 26.0 Å². The van der Waals surface area contributed by atoms with Crippen molar-refractivity contribution in [2.45, 2.75) is 45.1 Å². The first-order valence-corrected chi connectivity index (χ1v) is 7.13. The van der Waals surface area contributed by atoms with Crippen molar-refractivity contribution in [3.05, 3.63) is 35.4 Å². The molecule has 1 aliphatic heterocycles.